The predicted octanol–water partition coefficient (Wildman–Crippen LogP) is 3.16. The molecule has 7 rings (SSSR count). The number of pyridine rings is 1. The van der Waals surface area contributed by atoms with Crippen LogP contribution >= 0.6 is 0 Å². The predicted molar refractivity (Wildman–Crippen MR) is 247 cm³/mol. The molecule has 66 heavy (non-hydrogen) atoms. The molecule has 0 saturated carbocycles. The van der Waals surface area contributed by atoms with Gasteiger partial charge in [-0.1, -0.05) is 39.8 Å². The van der Waals surface area contributed by atoms with Crippen molar-refractivity contribution in [1.29, 1.82) is 0 Å². The number of aryl methyl sites for hydroxylation is 1. The Morgan fingerprint density at radius 1 is 1.09 bits per heavy atom. The van der Waals surface area contributed by atoms with Crippen molar-refractivity contribution in [2.45, 2.75) is 104 Å². The Kier molecular flexibility index (Phi) is 14.5. The highest BCUT2D eigenvalue weighted by Crippen LogP contribution is 2.41. The van der Waals surface area contributed by atoms with Crippen molar-refractivity contribution in [1.82, 2.24) is 40.4 Å². The number of esters is 1. The molecule has 6 bridgehead atoms. The molecule has 2 saturated heterocycles. The lowest BCUT2D eigenvalue weighted by molar-refractivity contribution is -0.155. The van der Waals surface area contributed by atoms with Gasteiger partial charge in [0.15, 0.2) is 0 Å². The molecule has 3 aliphatic rings. The third-order valence-corrected chi connectivity index (χ3v) is 12.9. The zero-order chi connectivity index (χ0) is 47.6. The van der Waals surface area contributed by atoms with Gasteiger partial charge in [0.1, 0.15) is 29.9 Å². The van der Waals surface area contributed by atoms with Gasteiger partial charge < -0.3 is 39.4 Å². The van der Waals surface area contributed by atoms with Crippen LogP contribution < -0.4 is 16.1 Å². The smallest absolute Gasteiger partial charge is 0.324 e. The summed E-state index contributed by atoms with van der Waals surface area (Å²) in [5.74, 6) is -2.87. The minimum atomic E-state index is -1.20. The summed E-state index contributed by atoms with van der Waals surface area (Å²) in [6.07, 6.45) is 5.03. The lowest BCUT2D eigenvalue weighted by Crippen LogP contribution is -2.62. The lowest BCUT2D eigenvalue weighted by atomic mass is 9.84. The van der Waals surface area contributed by atoms with Crippen molar-refractivity contribution in [3.8, 4) is 28.1 Å². The van der Waals surface area contributed by atoms with Gasteiger partial charge in [-0.15, -0.1) is 0 Å². The summed E-state index contributed by atoms with van der Waals surface area (Å²) < 4.78 is 14.0. The molecule has 2 aromatic carbocycles. The van der Waals surface area contributed by atoms with E-state index >= 15 is 0 Å². The van der Waals surface area contributed by atoms with E-state index in [0.29, 0.717) is 43.5 Å². The standard InChI is InChI=1S/C49H64N8O9/c1-9-56-40-13-12-30-21-34(40)35(44(56)36-23-50-15-14-31(36)26-65-8)22-49(4,5)27-66-48(64)37-11-10-16-57(53-37)46(62)38(19-29-17-32(30)20-33(59)18-29)52-45(61)43(28(2)3)55(7)41(60)24-54(6)47(63)42-39(25-58)51-42/h12-15,17-18,20-21,23,28,37-39,42-43,51,53,58-59H,9-11,16,19,22,24-27H2,1-8H3,(H,52,61)/t37-,38-,39-,42+,43-/m0/s1. The first-order chi connectivity index (χ1) is 31.4. The van der Waals surface area contributed by atoms with Gasteiger partial charge in [-0.2, -0.15) is 0 Å². The topological polar surface area (TPSA) is 218 Å². The molecule has 5 atom stereocenters. The number of phenolic OH excluding ortho intramolecular Hbond substituents is 1. The van der Waals surface area contributed by atoms with Crippen LogP contribution in [0.1, 0.15) is 64.2 Å². The van der Waals surface area contributed by atoms with Gasteiger partial charge in [0.2, 0.25) is 17.7 Å². The molecule has 4 aromatic rings. The maximum atomic E-state index is 14.7. The molecule has 3 aliphatic heterocycles. The summed E-state index contributed by atoms with van der Waals surface area (Å²) in [6, 6.07) is 9.27. The number of rotatable bonds is 12. The molecule has 2 aromatic heterocycles. The summed E-state index contributed by atoms with van der Waals surface area (Å²) in [7, 11) is 4.64. The quantitative estimate of drug-likeness (QED) is 0.102. The molecule has 0 spiro atoms. The monoisotopic (exact) mass is 908 g/mol. The maximum absolute atomic E-state index is 14.7. The molecular formula is C49H64N8O9. The number of aromatic hydroxyl groups is 1. The molecule has 0 radical (unpaired) electrons. The minimum Gasteiger partial charge on any atom is -0.508 e. The Hall–Kier alpha value is -5.88. The Balaban J connectivity index is 1.28. The van der Waals surface area contributed by atoms with Crippen molar-refractivity contribution in [3.63, 3.8) is 0 Å². The zero-order valence-electron chi connectivity index (χ0n) is 39.2. The number of hydrazine groups is 1. The van der Waals surface area contributed by atoms with Crippen LogP contribution in [0.5, 0.6) is 5.75 Å². The van der Waals surface area contributed by atoms with Crippen molar-refractivity contribution in [3.05, 3.63) is 71.5 Å². The van der Waals surface area contributed by atoms with E-state index in [1.54, 1.807) is 39.3 Å². The summed E-state index contributed by atoms with van der Waals surface area (Å²) in [6.45, 7) is 10.7. The molecule has 5 heterocycles. The highest BCUT2D eigenvalue weighted by Gasteiger charge is 2.44. The Morgan fingerprint density at radius 2 is 1.86 bits per heavy atom. The SMILES string of the molecule is CCn1c(-c2cnccc2COC)c2c3cc(ccc31)-c1cc(O)cc(c1)C[C@H](NC(=O)[C@H](C(C)C)N(C)C(=O)CN(C)C(=O)[C@@H]1N[C@H]1CO)C(=O)N1CCC[C@H](N1)C(=O)OCC(C)(C)C2. The Labute approximate surface area is 385 Å². The van der Waals surface area contributed by atoms with Crippen LogP contribution in [-0.4, -0.2) is 142 Å². The third-order valence-electron chi connectivity index (χ3n) is 12.9. The lowest BCUT2D eigenvalue weighted by Gasteiger charge is -2.37. The second-order valence-electron chi connectivity index (χ2n) is 19.0. The van der Waals surface area contributed by atoms with E-state index in [1.807, 2.05) is 24.4 Å². The van der Waals surface area contributed by atoms with Crippen molar-refractivity contribution < 1.29 is 43.7 Å². The molecule has 17 heteroatoms. The summed E-state index contributed by atoms with van der Waals surface area (Å²) >= 11 is 0. The number of phenols is 1. The maximum Gasteiger partial charge on any atom is 0.324 e. The van der Waals surface area contributed by atoms with Crippen molar-refractivity contribution >= 4 is 40.5 Å². The number of nitrogens with one attached hydrogen (secondary N) is 3. The molecule has 0 aliphatic carbocycles. The van der Waals surface area contributed by atoms with Gasteiger partial charge in [-0.3, -0.25) is 39.3 Å². The molecule has 17 nitrogen and oxygen atoms in total. The van der Waals surface area contributed by atoms with Crippen LogP contribution in [-0.2, 0) is 59.4 Å². The van der Waals surface area contributed by atoms with E-state index in [4.69, 9.17) is 9.47 Å². The largest absolute Gasteiger partial charge is 0.508 e. The molecule has 5 N–H and O–H groups in total. The number of benzene rings is 2. The average Bonchev–Trinajstić information content (AvgIpc) is 4.02. The van der Waals surface area contributed by atoms with Gasteiger partial charge in [0.25, 0.3) is 5.91 Å². The molecule has 0 unspecified atom stereocenters. The first kappa shape index (κ1) is 48.1. The van der Waals surface area contributed by atoms with Crippen LogP contribution in [0.3, 0.4) is 0 Å². The Bertz CT molecular complexity index is 2490. The van der Waals surface area contributed by atoms with Crippen LogP contribution in [0.2, 0.25) is 0 Å². The first-order valence-electron chi connectivity index (χ1n) is 22.8. The average molecular weight is 909 g/mol. The number of carbonyl (C=O) groups is 5. The third kappa shape index (κ3) is 10.2. The second kappa shape index (κ2) is 19.9. The number of ether oxygens (including phenoxy) is 2. The first-order valence-corrected chi connectivity index (χ1v) is 22.8. The van der Waals surface area contributed by atoms with Crippen molar-refractivity contribution in [2.24, 2.45) is 11.3 Å². The van der Waals surface area contributed by atoms with Crippen LogP contribution in [0, 0.1) is 11.3 Å². The van der Waals surface area contributed by atoms with Crippen LogP contribution in [0.4, 0.5) is 0 Å². The number of cyclic esters (lactones) is 1. The van der Waals surface area contributed by atoms with E-state index in [2.05, 4.69) is 58.5 Å². The van der Waals surface area contributed by atoms with Crippen molar-refractivity contribution in [2.75, 3.05) is 47.5 Å². The van der Waals surface area contributed by atoms with Gasteiger partial charge in [0, 0.05) is 75.0 Å². The number of hydrogen-bond donors (Lipinski definition) is 5. The number of carbonyl (C=O) groups excluding carboxylic acids is 5. The molecule has 4 amide bonds. The highest BCUT2D eigenvalue weighted by molar-refractivity contribution is 5.96. The zero-order valence-corrected chi connectivity index (χ0v) is 39.2. The van der Waals surface area contributed by atoms with E-state index in [-0.39, 0.29) is 50.4 Å². The fraction of sp³-hybridized carbons (Fsp3) is 0.510. The number of nitrogens with zero attached hydrogens (tertiary/aromatic N) is 5. The van der Waals surface area contributed by atoms with Gasteiger partial charge in [0.05, 0.1) is 38.1 Å². The van der Waals surface area contributed by atoms with E-state index in [1.165, 1.54) is 28.9 Å². The van der Waals surface area contributed by atoms with Gasteiger partial charge >= 0.3 is 5.97 Å². The molecular weight excluding hydrogens is 845 g/mol. The number of aromatic nitrogens is 2. The van der Waals surface area contributed by atoms with Gasteiger partial charge in [-0.05, 0) is 90.3 Å². The number of amides is 4. The number of aliphatic hydroxyl groups is 1. The van der Waals surface area contributed by atoms with E-state index in [9.17, 15) is 34.2 Å². The summed E-state index contributed by atoms with van der Waals surface area (Å²) in [5, 5.41) is 28.9. The summed E-state index contributed by atoms with van der Waals surface area (Å²) in [4.78, 5) is 76.6. The second-order valence-corrected chi connectivity index (χ2v) is 19.0. The normalized spacial score (nSPS) is 21.2. The number of hydrogen-bond acceptors (Lipinski definition) is 12. The number of aliphatic hydroxyl groups excluding tert-OH is 1. The summed E-state index contributed by atoms with van der Waals surface area (Å²) in [5.41, 5.74) is 9.58. The Morgan fingerprint density at radius 3 is 2.56 bits per heavy atom. The number of likely N-dealkylation sites (N-methyl/N-ethyl adjacent to an activating group) is 2. The number of methoxy groups -OCH3 is 1. The van der Waals surface area contributed by atoms with Crippen LogP contribution in [0.15, 0.2) is 54.9 Å². The van der Waals surface area contributed by atoms with Gasteiger partial charge in [-0.25, -0.2) is 5.43 Å². The van der Waals surface area contributed by atoms with Crippen LogP contribution in [0.25, 0.3) is 33.3 Å². The fourth-order valence-corrected chi connectivity index (χ4v) is 9.48. The fourth-order valence-electron chi connectivity index (χ4n) is 9.48. The molecule has 354 valence electrons. The number of fused-ring (bicyclic) bond motifs is 6. The van der Waals surface area contributed by atoms with E-state index < -0.39 is 59.2 Å². The minimum absolute atomic E-state index is 0.0306. The molecule has 2 fully saturated rings. The van der Waals surface area contributed by atoms with E-state index in [0.717, 1.165) is 38.9 Å². The highest BCUT2D eigenvalue weighted by atomic mass is 16.5.